The number of nitrogens with one attached hydrogen (secondary N) is 1. The molecule has 3 rings (SSSR count). The maximum Gasteiger partial charge on any atom is 0.411 e. The number of rotatable bonds is 5. The minimum atomic E-state index is -4.57. The fourth-order valence-electron chi connectivity index (χ4n) is 2.90. The lowest BCUT2D eigenvalue weighted by Crippen LogP contribution is -2.31. The molecule has 0 atom stereocenters. The van der Waals surface area contributed by atoms with Gasteiger partial charge in [-0.3, -0.25) is 5.32 Å². The minimum Gasteiger partial charge on any atom is -0.444 e. The van der Waals surface area contributed by atoms with E-state index in [0.717, 1.165) is 12.3 Å². The number of carbonyl (C=O) groups excluding carboxylic acids is 1. The van der Waals surface area contributed by atoms with Crippen molar-refractivity contribution in [2.24, 2.45) is 5.73 Å². The zero-order valence-electron chi connectivity index (χ0n) is 17.9. The van der Waals surface area contributed by atoms with Gasteiger partial charge in [0.2, 0.25) is 9.84 Å². The molecule has 0 radical (unpaired) electrons. The molecular formula is C21H22ClN3O6S2. The molecule has 0 saturated heterocycles. The van der Waals surface area contributed by atoms with Crippen molar-refractivity contribution in [2.45, 2.75) is 36.3 Å². The van der Waals surface area contributed by atoms with Gasteiger partial charge in [-0.15, -0.1) is 0 Å². The summed E-state index contributed by atoms with van der Waals surface area (Å²) in [6.45, 7) is 4.90. The number of fused-ring (bicyclic) bond motifs is 1. The summed E-state index contributed by atoms with van der Waals surface area (Å²) in [5.41, 5.74) is 5.04. The molecule has 0 aliphatic rings. The van der Waals surface area contributed by atoms with E-state index in [-0.39, 0.29) is 20.8 Å². The summed E-state index contributed by atoms with van der Waals surface area (Å²) in [7, 11) is -8.90. The van der Waals surface area contributed by atoms with Crippen LogP contribution in [0.25, 0.3) is 10.9 Å². The van der Waals surface area contributed by atoms with Crippen LogP contribution < -0.4 is 11.1 Å². The average Bonchev–Trinajstić information content (AvgIpc) is 3.11. The molecule has 176 valence electrons. The lowest BCUT2D eigenvalue weighted by atomic mass is 10.2. The predicted molar refractivity (Wildman–Crippen MR) is 125 cm³/mol. The van der Waals surface area contributed by atoms with Crippen molar-refractivity contribution >= 4 is 48.5 Å². The normalized spacial score (nSPS) is 13.2. The lowest BCUT2D eigenvalue weighted by Gasteiger charge is -2.19. The van der Waals surface area contributed by atoms with Crippen molar-refractivity contribution in [3.8, 4) is 0 Å². The van der Waals surface area contributed by atoms with Gasteiger partial charge in [0.25, 0.3) is 10.0 Å². The Balaban J connectivity index is 2.17. The maximum absolute atomic E-state index is 13.4. The van der Waals surface area contributed by atoms with Gasteiger partial charge in [-0.1, -0.05) is 29.8 Å². The van der Waals surface area contributed by atoms with E-state index in [1.165, 1.54) is 42.5 Å². The van der Waals surface area contributed by atoms with Crippen LogP contribution in [0.15, 0.2) is 75.7 Å². The van der Waals surface area contributed by atoms with Gasteiger partial charge in [-0.05, 0) is 57.2 Å². The highest BCUT2D eigenvalue weighted by molar-refractivity contribution is 7.96. The van der Waals surface area contributed by atoms with Gasteiger partial charge >= 0.3 is 6.09 Å². The molecule has 33 heavy (non-hydrogen) atoms. The van der Waals surface area contributed by atoms with Crippen molar-refractivity contribution < 1.29 is 26.4 Å². The zero-order chi connectivity index (χ0) is 24.6. The van der Waals surface area contributed by atoms with Crippen LogP contribution in [0.2, 0.25) is 5.02 Å². The van der Waals surface area contributed by atoms with Crippen LogP contribution in [0, 0.1) is 0 Å². The number of nitrogens with zero attached hydrogens (tertiary/aromatic N) is 1. The van der Waals surface area contributed by atoms with Crippen LogP contribution in [0.1, 0.15) is 20.8 Å². The molecule has 9 nitrogen and oxygen atoms in total. The van der Waals surface area contributed by atoms with E-state index in [2.05, 4.69) is 5.32 Å². The molecule has 0 saturated carbocycles. The smallest absolute Gasteiger partial charge is 0.411 e. The first kappa shape index (κ1) is 24.6. The van der Waals surface area contributed by atoms with Gasteiger partial charge in [0.05, 0.1) is 10.4 Å². The Morgan fingerprint density at radius 1 is 1.06 bits per heavy atom. The molecule has 1 aromatic heterocycles. The number of hydrogen-bond donors (Lipinski definition) is 2. The molecule has 0 spiro atoms. The van der Waals surface area contributed by atoms with Crippen LogP contribution in [0.5, 0.6) is 0 Å². The van der Waals surface area contributed by atoms with Crippen LogP contribution in [-0.2, 0) is 24.6 Å². The molecule has 3 aromatic rings. The molecule has 2 aromatic carbocycles. The molecule has 0 aliphatic heterocycles. The number of alkyl carbamates (subject to hydrolysis) is 1. The van der Waals surface area contributed by atoms with Crippen LogP contribution in [0.3, 0.4) is 0 Å². The molecular weight excluding hydrogens is 490 g/mol. The number of hydrogen-bond acceptors (Lipinski definition) is 7. The Hall–Kier alpha value is -3.02. The van der Waals surface area contributed by atoms with E-state index in [9.17, 15) is 21.6 Å². The summed E-state index contributed by atoms with van der Waals surface area (Å²) in [5.74, 6) is 0. The Morgan fingerprint density at radius 3 is 2.30 bits per heavy atom. The van der Waals surface area contributed by atoms with E-state index >= 15 is 0 Å². The Labute approximate surface area is 196 Å². The van der Waals surface area contributed by atoms with Crippen LogP contribution >= 0.6 is 11.6 Å². The highest BCUT2D eigenvalue weighted by Gasteiger charge is 2.31. The molecule has 0 aliphatic carbocycles. The third-order valence-corrected chi connectivity index (χ3v) is 7.97. The van der Waals surface area contributed by atoms with E-state index in [0.29, 0.717) is 3.97 Å². The van der Waals surface area contributed by atoms with Gasteiger partial charge in [0.1, 0.15) is 10.6 Å². The lowest BCUT2D eigenvalue weighted by molar-refractivity contribution is 0.0552. The largest absolute Gasteiger partial charge is 0.444 e. The summed E-state index contributed by atoms with van der Waals surface area (Å²) in [5, 5.41) is 1.31. The van der Waals surface area contributed by atoms with Crippen LogP contribution in [-0.4, -0.2) is 32.5 Å². The summed E-state index contributed by atoms with van der Waals surface area (Å²) >= 11 is 6.02. The second kappa shape index (κ2) is 8.73. The fourth-order valence-corrected chi connectivity index (χ4v) is 6.16. The number of carbonyl (C=O) groups is 1. The molecule has 3 N–H and O–H groups in total. The number of amides is 1. The molecule has 0 bridgehead atoms. The third kappa shape index (κ3) is 5.15. The first-order chi connectivity index (χ1) is 15.2. The summed E-state index contributed by atoms with van der Waals surface area (Å²) in [6, 6.07) is 12.8. The highest BCUT2D eigenvalue weighted by atomic mass is 35.5. The van der Waals surface area contributed by atoms with Crippen molar-refractivity contribution in [1.82, 2.24) is 9.29 Å². The first-order valence-electron chi connectivity index (χ1n) is 9.55. The van der Waals surface area contributed by atoms with E-state index in [4.69, 9.17) is 22.1 Å². The topological polar surface area (TPSA) is 138 Å². The second-order valence-corrected chi connectivity index (χ2v) is 12.1. The fraction of sp³-hybridized carbons (Fsp3) is 0.190. The van der Waals surface area contributed by atoms with Gasteiger partial charge in [-0.2, -0.15) is 0 Å². The average molecular weight is 512 g/mol. The van der Waals surface area contributed by atoms with Crippen LogP contribution in [0.4, 0.5) is 4.79 Å². The molecule has 0 unspecified atom stereocenters. The summed E-state index contributed by atoms with van der Waals surface area (Å²) in [6.07, 6.45) is -0.182. The van der Waals surface area contributed by atoms with E-state index in [1.807, 2.05) is 0 Å². The number of aromatic nitrogens is 1. The number of ether oxygens (including phenoxy) is 1. The molecule has 1 heterocycles. The maximum atomic E-state index is 13.4. The number of nitrogens with two attached hydrogens (primary N) is 1. The standard InChI is InChI=1S/C21H22ClN3O6S2/c1-21(2,3)31-20(26)24-13-18(23)32(27,28)19-12-14-11-15(22)9-10-17(14)25(19)33(29,30)16-7-5-4-6-8-16/h4-13H,23H2,1-3H3,(H,24,26)/b18-13-. The Morgan fingerprint density at radius 2 is 1.70 bits per heavy atom. The Bertz CT molecular complexity index is 1450. The third-order valence-electron chi connectivity index (χ3n) is 4.29. The van der Waals surface area contributed by atoms with Crippen molar-refractivity contribution in [3.63, 3.8) is 0 Å². The highest BCUT2D eigenvalue weighted by Crippen LogP contribution is 2.32. The number of benzene rings is 2. The number of sulfone groups is 1. The van der Waals surface area contributed by atoms with E-state index < -0.39 is 41.6 Å². The summed E-state index contributed by atoms with van der Waals surface area (Å²) < 4.78 is 59.1. The Kier molecular flexibility index (Phi) is 6.51. The molecule has 0 fully saturated rings. The summed E-state index contributed by atoms with van der Waals surface area (Å²) in [4.78, 5) is 11.8. The quantitative estimate of drug-likeness (QED) is 0.533. The monoisotopic (exact) mass is 511 g/mol. The van der Waals surface area contributed by atoms with Gasteiger partial charge in [0, 0.05) is 16.6 Å². The van der Waals surface area contributed by atoms with Crippen molar-refractivity contribution in [3.05, 3.63) is 70.8 Å². The minimum absolute atomic E-state index is 0.0923. The number of halogens is 1. The van der Waals surface area contributed by atoms with Crippen molar-refractivity contribution in [2.75, 3.05) is 0 Å². The van der Waals surface area contributed by atoms with Gasteiger partial charge in [-0.25, -0.2) is 25.6 Å². The molecule has 1 amide bonds. The predicted octanol–water partition coefficient (Wildman–Crippen LogP) is 3.59. The second-order valence-electron chi connectivity index (χ2n) is 7.96. The first-order valence-corrected chi connectivity index (χ1v) is 12.9. The van der Waals surface area contributed by atoms with Gasteiger partial charge < -0.3 is 10.5 Å². The molecule has 12 heteroatoms. The van der Waals surface area contributed by atoms with Crippen molar-refractivity contribution in [1.29, 1.82) is 0 Å². The van der Waals surface area contributed by atoms with Gasteiger partial charge in [0.15, 0.2) is 5.03 Å². The van der Waals surface area contributed by atoms with E-state index in [1.54, 1.807) is 26.8 Å². The zero-order valence-corrected chi connectivity index (χ0v) is 20.3. The SMILES string of the molecule is CC(C)(C)OC(=O)N/C=C(/N)S(=O)(=O)c1cc2cc(Cl)ccc2n1S(=O)(=O)c1ccccc1.